The Bertz CT molecular complexity index is 1030. The van der Waals surface area contributed by atoms with Crippen LogP contribution in [0.5, 0.6) is 5.75 Å². The summed E-state index contributed by atoms with van der Waals surface area (Å²) in [6, 6.07) is 7.88. The Morgan fingerprint density at radius 1 is 1.19 bits per heavy atom. The summed E-state index contributed by atoms with van der Waals surface area (Å²) in [6.45, 7) is 16.0. The van der Waals surface area contributed by atoms with Gasteiger partial charge in [-0.05, 0) is 59.0 Å². The van der Waals surface area contributed by atoms with Gasteiger partial charge in [0, 0.05) is 19.1 Å². The van der Waals surface area contributed by atoms with Gasteiger partial charge < -0.3 is 9.64 Å². The Balaban J connectivity index is 0.00000363. The van der Waals surface area contributed by atoms with E-state index in [-0.39, 0.29) is 24.4 Å². The molecule has 0 saturated heterocycles. The van der Waals surface area contributed by atoms with E-state index >= 15 is 0 Å². The lowest BCUT2D eigenvalue weighted by atomic mass is 10.3. The van der Waals surface area contributed by atoms with E-state index in [1.807, 2.05) is 52.0 Å². The fourth-order valence-electron chi connectivity index (χ4n) is 3.57. The van der Waals surface area contributed by atoms with Gasteiger partial charge in [-0.15, -0.1) is 12.4 Å². The van der Waals surface area contributed by atoms with E-state index in [0.717, 1.165) is 41.3 Å². The van der Waals surface area contributed by atoms with Gasteiger partial charge in [0.05, 0.1) is 17.0 Å². The highest BCUT2D eigenvalue weighted by molar-refractivity contribution is 7.22. The van der Waals surface area contributed by atoms with Gasteiger partial charge in [0.25, 0.3) is 5.91 Å². The van der Waals surface area contributed by atoms with Gasteiger partial charge in [-0.2, -0.15) is 5.10 Å². The standard InChI is InChI=1S/C23H33N5O2S.ClH/c1-7-26(8-2)13-14-27(22(29)18-15-17(6)25-28(18)16(4)5)23-24-21-19(30-9-3)11-10-12-20(21)31-23;/h10-12,15-16H,7-9,13-14H2,1-6H3;1H. The monoisotopic (exact) mass is 479 g/mol. The first-order chi connectivity index (χ1) is 14.9. The summed E-state index contributed by atoms with van der Waals surface area (Å²) in [6.07, 6.45) is 0. The molecule has 1 amide bonds. The number of carbonyl (C=O) groups excluding carboxylic acids is 1. The summed E-state index contributed by atoms with van der Waals surface area (Å²) < 4.78 is 8.58. The molecule has 0 aliphatic heterocycles. The number of likely N-dealkylation sites (N-methyl/N-ethyl adjacent to an activating group) is 1. The first-order valence-corrected chi connectivity index (χ1v) is 11.8. The molecule has 2 heterocycles. The highest BCUT2D eigenvalue weighted by Crippen LogP contribution is 2.35. The van der Waals surface area contributed by atoms with E-state index in [1.165, 1.54) is 11.3 Å². The first-order valence-electron chi connectivity index (χ1n) is 11.0. The number of ether oxygens (including phenoxy) is 1. The predicted octanol–water partition coefficient (Wildman–Crippen LogP) is 5.19. The molecule has 7 nitrogen and oxygen atoms in total. The van der Waals surface area contributed by atoms with Crippen molar-refractivity contribution in [3.8, 4) is 5.75 Å². The van der Waals surface area contributed by atoms with Gasteiger partial charge in [0.2, 0.25) is 0 Å². The number of carbonyl (C=O) groups is 1. The van der Waals surface area contributed by atoms with Gasteiger partial charge in [-0.25, -0.2) is 4.98 Å². The molecule has 0 atom stereocenters. The molecule has 2 aromatic heterocycles. The van der Waals surface area contributed by atoms with Gasteiger partial charge in [-0.1, -0.05) is 31.3 Å². The SMILES string of the molecule is CCOc1cccc2sc(N(CCN(CC)CC)C(=O)c3cc(C)nn3C(C)C)nc12.Cl. The van der Waals surface area contributed by atoms with Crippen molar-refractivity contribution in [3.63, 3.8) is 0 Å². The number of benzene rings is 1. The lowest BCUT2D eigenvalue weighted by Gasteiger charge is -2.25. The van der Waals surface area contributed by atoms with Crippen molar-refractivity contribution in [1.29, 1.82) is 0 Å². The third-order valence-corrected chi connectivity index (χ3v) is 6.29. The summed E-state index contributed by atoms with van der Waals surface area (Å²) in [4.78, 5) is 22.7. The normalized spacial score (nSPS) is 11.2. The summed E-state index contributed by atoms with van der Waals surface area (Å²) in [7, 11) is 0. The second kappa shape index (κ2) is 11.6. The number of aromatic nitrogens is 3. The van der Waals surface area contributed by atoms with Crippen LogP contribution in [-0.2, 0) is 0 Å². The zero-order chi connectivity index (χ0) is 22.5. The van der Waals surface area contributed by atoms with Crippen LogP contribution in [0.4, 0.5) is 5.13 Å². The molecule has 9 heteroatoms. The van der Waals surface area contributed by atoms with E-state index in [4.69, 9.17) is 9.72 Å². The molecule has 0 N–H and O–H groups in total. The average molecular weight is 480 g/mol. The lowest BCUT2D eigenvalue weighted by Crippen LogP contribution is -2.39. The molecule has 1 aromatic carbocycles. The van der Waals surface area contributed by atoms with Gasteiger partial charge in [0.15, 0.2) is 5.13 Å². The number of nitrogens with zero attached hydrogens (tertiary/aromatic N) is 5. The van der Waals surface area contributed by atoms with Crippen molar-refractivity contribution in [2.24, 2.45) is 0 Å². The summed E-state index contributed by atoms with van der Waals surface area (Å²) in [5.74, 6) is 0.681. The summed E-state index contributed by atoms with van der Waals surface area (Å²) in [5, 5.41) is 5.23. The number of hydrogen-bond donors (Lipinski definition) is 0. The number of rotatable bonds is 10. The van der Waals surface area contributed by atoms with Crippen molar-refractivity contribution in [1.82, 2.24) is 19.7 Å². The number of halogens is 1. The molecule has 32 heavy (non-hydrogen) atoms. The van der Waals surface area contributed by atoms with Gasteiger partial charge in [-0.3, -0.25) is 14.4 Å². The minimum atomic E-state index is -0.0709. The minimum Gasteiger partial charge on any atom is -0.492 e. The first kappa shape index (κ1) is 26.1. The number of hydrogen-bond acceptors (Lipinski definition) is 6. The zero-order valence-electron chi connectivity index (χ0n) is 19.8. The number of amides is 1. The second-order valence-corrected chi connectivity index (χ2v) is 8.73. The third kappa shape index (κ3) is 5.60. The second-order valence-electron chi connectivity index (χ2n) is 7.73. The Hall–Kier alpha value is -2.16. The molecule has 0 saturated carbocycles. The maximum absolute atomic E-state index is 13.7. The predicted molar refractivity (Wildman–Crippen MR) is 135 cm³/mol. The Morgan fingerprint density at radius 3 is 2.53 bits per heavy atom. The van der Waals surface area contributed by atoms with Crippen molar-refractivity contribution < 1.29 is 9.53 Å². The largest absolute Gasteiger partial charge is 0.492 e. The van der Waals surface area contributed by atoms with Crippen LogP contribution in [0.25, 0.3) is 10.2 Å². The number of para-hydroxylation sites is 1. The van der Waals surface area contributed by atoms with Crippen LogP contribution in [0.15, 0.2) is 24.3 Å². The molecule has 0 aliphatic carbocycles. The molecule has 0 spiro atoms. The van der Waals surface area contributed by atoms with Crippen LogP contribution >= 0.6 is 23.7 Å². The summed E-state index contributed by atoms with van der Waals surface area (Å²) in [5.41, 5.74) is 2.23. The smallest absolute Gasteiger partial charge is 0.278 e. The minimum absolute atomic E-state index is 0. The summed E-state index contributed by atoms with van der Waals surface area (Å²) >= 11 is 1.52. The van der Waals surface area contributed by atoms with E-state index in [2.05, 4.69) is 23.8 Å². The Labute approximate surface area is 200 Å². The number of aryl methyl sites for hydroxylation is 1. The van der Waals surface area contributed by atoms with E-state index in [0.29, 0.717) is 24.0 Å². The van der Waals surface area contributed by atoms with Crippen molar-refractivity contribution in [2.75, 3.05) is 37.7 Å². The highest BCUT2D eigenvalue weighted by atomic mass is 35.5. The van der Waals surface area contributed by atoms with E-state index < -0.39 is 0 Å². The molecule has 0 aliphatic rings. The van der Waals surface area contributed by atoms with E-state index in [1.54, 1.807) is 9.58 Å². The molecule has 0 fully saturated rings. The molecule has 0 radical (unpaired) electrons. The van der Waals surface area contributed by atoms with Gasteiger partial charge >= 0.3 is 0 Å². The number of anilines is 1. The third-order valence-electron chi connectivity index (χ3n) is 5.25. The maximum atomic E-state index is 13.7. The molecular weight excluding hydrogens is 446 g/mol. The lowest BCUT2D eigenvalue weighted by molar-refractivity contribution is 0.0971. The van der Waals surface area contributed by atoms with Crippen molar-refractivity contribution in [2.45, 2.75) is 47.6 Å². The molecular formula is C23H34ClN5O2S. The Kier molecular flexibility index (Phi) is 9.48. The molecule has 176 valence electrons. The maximum Gasteiger partial charge on any atom is 0.278 e. The zero-order valence-corrected chi connectivity index (χ0v) is 21.4. The van der Waals surface area contributed by atoms with Crippen LogP contribution in [0.1, 0.15) is 56.8 Å². The van der Waals surface area contributed by atoms with Crippen molar-refractivity contribution in [3.05, 3.63) is 35.7 Å². The number of fused-ring (bicyclic) bond motifs is 1. The van der Waals surface area contributed by atoms with E-state index in [9.17, 15) is 4.79 Å². The van der Waals surface area contributed by atoms with Crippen LogP contribution < -0.4 is 9.64 Å². The van der Waals surface area contributed by atoms with Crippen LogP contribution in [0, 0.1) is 6.92 Å². The van der Waals surface area contributed by atoms with Crippen LogP contribution in [0.2, 0.25) is 0 Å². The Morgan fingerprint density at radius 2 is 1.91 bits per heavy atom. The quantitative estimate of drug-likeness (QED) is 0.400. The van der Waals surface area contributed by atoms with Crippen LogP contribution in [0.3, 0.4) is 0 Å². The van der Waals surface area contributed by atoms with Crippen LogP contribution in [-0.4, -0.2) is 58.4 Å². The topological polar surface area (TPSA) is 63.5 Å². The van der Waals surface area contributed by atoms with Crippen molar-refractivity contribution >= 4 is 45.0 Å². The highest BCUT2D eigenvalue weighted by Gasteiger charge is 2.26. The molecule has 3 rings (SSSR count). The molecule has 0 unspecified atom stereocenters. The van der Waals surface area contributed by atoms with Gasteiger partial charge in [0.1, 0.15) is 17.0 Å². The molecule has 0 bridgehead atoms. The number of thiazole rings is 1. The fourth-order valence-corrected chi connectivity index (χ4v) is 4.58. The fraction of sp³-hybridized carbons (Fsp3) is 0.522. The molecule has 3 aromatic rings. The average Bonchev–Trinajstić information content (AvgIpc) is 3.35.